The fourth-order valence-corrected chi connectivity index (χ4v) is 0.990. The van der Waals surface area contributed by atoms with Gasteiger partial charge in [0.25, 0.3) is 0 Å². The third kappa shape index (κ3) is 1.45. The van der Waals surface area contributed by atoms with E-state index < -0.39 is 5.97 Å². The van der Waals surface area contributed by atoms with Gasteiger partial charge in [0.05, 0.1) is 11.8 Å². The van der Waals surface area contributed by atoms with Crippen molar-refractivity contribution in [2.45, 2.75) is 0 Å². The number of hydrogen-bond donors (Lipinski definition) is 2. The molecule has 0 atom stereocenters. The molecule has 2 aromatic heterocycles. The Balaban J connectivity index is 2.46. The summed E-state index contributed by atoms with van der Waals surface area (Å²) in [4.78, 5) is 18.4. The van der Waals surface area contributed by atoms with Crippen molar-refractivity contribution in [1.82, 2.24) is 20.2 Å². The van der Waals surface area contributed by atoms with Crippen LogP contribution in [0.25, 0.3) is 11.4 Å². The molecule has 0 saturated heterocycles. The van der Waals surface area contributed by atoms with Gasteiger partial charge >= 0.3 is 5.97 Å². The van der Waals surface area contributed by atoms with Gasteiger partial charge in [-0.15, -0.1) is 0 Å². The Morgan fingerprint density at radius 1 is 1.50 bits per heavy atom. The second-order valence-corrected chi connectivity index (χ2v) is 2.56. The van der Waals surface area contributed by atoms with Crippen LogP contribution in [0.3, 0.4) is 0 Å². The summed E-state index contributed by atoms with van der Waals surface area (Å²) in [5.41, 5.74) is 0.629. The van der Waals surface area contributed by atoms with Gasteiger partial charge in [-0.3, -0.25) is 5.10 Å². The zero-order valence-corrected chi connectivity index (χ0v) is 7.01. The molecule has 0 bridgehead atoms. The Kier molecular flexibility index (Phi) is 1.94. The Labute approximate surface area is 78.6 Å². The van der Waals surface area contributed by atoms with Crippen molar-refractivity contribution < 1.29 is 9.90 Å². The van der Waals surface area contributed by atoms with E-state index in [4.69, 9.17) is 5.11 Å². The molecule has 2 rings (SSSR count). The molecule has 0 spiro atoms. The predicted octanol–water partition coefficient (Wildman–Crippen LogP) is 0.565. The number of aromatic carboxylic acids is 1. The van der Waals surface area contributed by atoms with Crippen molar-refractivity contribution in [2.24, 2.45) is 0 Å². The van der Waals surface area contributed by atoms with Gasteiger partial charge in [0.1, 0.15) is 0 Å². The third-order valence-electron chi connectivity index (χ3n) is 1.63. The zero-order valence-electron chi connectivity index (χ0n) is 7.01. The fourth-order valence-electron chi connectivity index (χ4n) is 0.990. The monoisotopic (exact) mass is 190 g/mol. The van der Waals surface area contributed by atoms with E-state index in [0.29, 0.717) is 11.4 Å². The summed E-state index contributed by atoms with van der Waals surface area (Å²) >= 11 is 0. The predicted molar refractivity (Wildman–Crippen MR) is 46.6 cm³/mol. The molecule has 0 aromatic carbocycles. The van der Waals surface area contributed by atoms with E-state index in [2.05, 4.69) is 20.2 Å². The molecule has 0 aliphatic carbocycles. The van der Waals surface area contributed by atoms with Crippen LogP contribution in [0.4, 0.5) is 0 Å². The highest BCUT2D eigenvalue weighted by Gasteiger charge is 2.07. The number of hydrogen-bond acceptors (Lipinski definition) is 4. The molecule has 2 heterocycles. The molecule has 2 aromatic rings. The molecule has 6 heteroatoms. The van der Waals surface area contributed by atoms with Crippen LogP contribution in [-0.2, 0) is 0 Å². The van der Waals surface area contributed by atoms with Crippen molar-refractivity contribution >= 4 is 5.97 Å². The molecule has 0 fully saturated rings. The van der Waals surface area contributed by atoms with Crippen LogP contribution in [0.5, 0.6) is 0 Å². The number of carbonyl (C=O) groups is 1. The molecule has 0 aliphatic heterocycles. The maximum absolute atomic E-state index is 10.6. The summed E-state index contributed by atoms with van der Waals surface area (Å²) in [7, 11) is 0. The van der Waals surface area contributed by atoms with Gasteiger partial charge in [-0.25, -0.2) is 14.8 Å². The highest BCUT2D eigenvalue weighted by atomic mass is 16.4. The second-order valence-electron chi connectivity index (χ2n) is 2.56. The fraction of sp³-hybridized carbons (Fsp3) is 0. The number of H-pyrrole nitrogens is 1. The summed E-state index contributed by atoms with van der Waals surface area (Å²) < 4.78 is 0. The molecule has 0 aliphatic rings. The first-order valence-corrected chi connectivity index (χ1v) is 3.83. The second kappa shape index (κ2) is 3.25. The first-order chi connectivity index (χ1) is 6.77. The van der Waals surface area contributed by atoms with Gasteiger partial charge in [0.2, 0.25) is 0 Å². The van der Waals surface area contributed by atoms with Crippen LogP contribution in [0, 0.1) is 0 Å². The Bertz CT molecular complexity index is 452. The van der Waals surface area contributed by atoms with Gasteiger partial charge in [-0.2, -0.15) is 5.10 Å². The minimum absolute atomic E-state index is 0.0313. The van der Waals surface area contributed by atoms with E-state index in [1.807, 2.05) is 0 Å². The van der Waals surface area contributed by atoms with Crippen molar-refractivity contribution in [1.29, 1.82) is 0 Å². The van der Waals surface area contributed by atoms with E-state index in [0.717, 1.165) is 0 Å². The molecule has 6 nitrogen and oxygen atoms in total. The average Bonchev–Trinajstić information content (AvgIpc) is 2.71. The van der Waals surface area contributed by atoms with Crippen LogP contribution >= 0.6 is 0 Å². The molecule has 0 saturated carbocycles. The summed E-state index contributed by atoms with van der Waals surface area (Å²) in [5.74, 6) is -0.726. The molecular weight excluding hydrogens is 184 g/mol. The highest BCUT2D eigenvalue weighted by Crippen LogP contribution is 2.11. The van der Waals surface area contributed by atoms with Crippen LogP contribution in [0.15, 0.2) is 24.7 Å². The van der Waals surface area contributed by atoms with Crippen LogP contribution in [0.2, 0.25) is 0 Å². The minimum atomic E-state index is -1.07. The van der Waals surface area contributed by atoms with Gasteiger partial charge < -0.3 is 5.11 Å². The van der Waals surface area contributed by atoms with E-state index in [1.54, 1.807) is 6.20 Å². The summed E-state index contributed by atoms with van der Waals surface area (Å²) in [6.07, 6.45) is 4.53. The normalized spacial score (nSPS) is 10.0. The zero-order chi connectivity index (χ0) is 9.97. The van der Waals surface area contributed by atoms with Crippen molar-refractivity contribution in [3.8, 4) is 11.4 Å². The average molecular weight is 190 g/mol. The number of rotatable bonds is 2. The smallest absolute Gasteiger partial charge is 0.354 e. The van der Waals surface area contributed by atoms with Crippen LogP contribution < -0.4 is 0 Å². The molecule has 0 unspecified atom stereocenters. The number of aromatic amines is 1. The maximum Gasteiger partial charge on any atom is 0.354 e. The third-order valence-corrected chi connectivity index (χ3v) is 1.63. The lowest BCUT2D eigenvalue weighted by atomic mass is 10.3. The quantitative estimate of drug-likeness (QED) is 0.722. The number of carboxylic acid groups (broad SMARTS) is 1. The highest BCUT2D eigenvalue weighted by molar-refractivity contribution is 5.85. The molecule has 0 amide bonds. The van der Waals surface area contributed by atoms with E-state index in [9.17, 15) is 4.79 Å². The lowest BCUT2D eigenvalue weighted by molar-refractivity contribution is 0.0690. The maximum atomic E-state index is 10.6. The number of nitrogens with one attached hydrogen (secondary N) is 1. The van der Waals surface area contributed by atoms with Crippen LogP contribution in [-0.4, -0.2) is 31.2 Å². The Morgan fingerprint density at radius 3 is 3.00 bits per heavy atom. The van der Waals surface area contributed by atoms with Gasteiger partial charge in [0.15, 0.2) is 11.5 Å². The lowest BCUT2D eigenvalue weighted by Gasteiger charge is -1.96. The summed E-state index contributed by atoms with van der Waals surface area (Å²) in [6.45, 7) is 0. The van der Waals surface area contributed by atoms with Gasteiger partial charge in [-0.1, -0.05) is 0 Å². The molecule has 2 N–H and O–H groups in total. The Morgan fingerprint density at radius 2 is 2.36 bits per heavy atom. The van der Waals surface area contributed by atoms with Crippen molar-refractivity contribution in [3.05, 3.63) is 30.4 Å². The largest absolute Gasteiger partial charge is 0.477 e. The van der Waals surface area contributed by atoms with E-state index >= 15 is 0 Å². The molecule has 70 valence electrons. The topological polar surface area (TPSA) is 91.8 Å². The Hall–Kier alpha value is -2.24. The molecule has 0 radical (unpaired) electrons. The van der Waals surface area contributed by atoms with Crippen LogP contribution in [0.1, 0.15) is 10.5 Å². The molecule has 14 heavy (non-hydrogen) atoms. The van der Waals surface area contributed by atoms with Gasteiger partial charge in [-0.05, 0) is 6.07 Å². The first kappa shape index (κ1) is 8.36. The first-order valence-electron chi connectivity index (χ1n) is 3.83. The van der Waals surface area contributed by atoms with Crippen molar-refractivity contribution in [3.63, 3.8) is 0 Å². The summed E-state index contributed by atoms with van der Waals surface area (Å²) in [5, 5.41) is 15.0. The number of nitrogens with zero attached hydrogens (tertiary/aromatic N) is 3. The van der Waals surface area contributed by atoms with E-state index in [-0.39, 0.29) is 5.69 Å². The number of aromatic nitrogens is 4. The number of carboxylic acids is 1. The summed E-state index contributed by atoms with van der Waals surface area (Å²) in [6, 6.07) is 1.34. The van der Waals surface area contributed by atoms with E-state index in [1.165, 1.54) is 18.5 Å². The standard InChI is InChI=1S/C8H6N4O2/c13-8(14)6-1-2-9-7(12-6)5-3-10-11-4-5/h1-4H,(H,10,11)(H,13,14). The SMILES string of the molecule is O=C(O)c1ccnc(-c2cn[nH]c2)n1. The van der Waals surface area contributed by atoms with Crippen molar-refractivity contribution in [2.75, 3.05) is 0 Å². The van der Waals surface area contributed by atoms with Gasteiger partial charge in [0, 0.05) is 12.4 Å². The minimum Gasteiger partial charge on any atom is -0.477 e. The lowest BCUT2D eigenvalue weighted by Crippen LogP contribution is -2.01. The molecular formula is C8H6N4O2.